The first-order valence-electron chi connectivity index (χ1n) is 15.3. The summed E-state index contributed by atoms with van der Waals surface area (Å²) in [5.74, 6) is -0.377. The molecule has 0 bridgehead atoms. The van der Waals surface area contributed by atoms with E-state index in [4.69, 9.17) is 4.74 Å². The van der Waals surface area contributed by atoms with Gasteiger partial charge < -0.3 is 15.0 Å². The highest BCUT2D eigenvalue weighted by Crippen LogP contribution is 2.31. The van der Waals surface area contributed by atoms with E-state index in [2.05, 4.69) is 21.2 Å². The molecule has 0 aliphatic carbocycles. The minimum Gasteiger partial charge on any atom is -0.496 e. The van der Waals surface area contributed by atoms with Crippen LogP contribution in [0.3, 0.4) is 0 Å². The molecule has 0 heterocycles. The Bertz CT molecular complexity index is 1790. The lowest BCUT2D eigenvalue weighted by atomic mass is 10.0. The lowest BCUT2D eigenvalue weighted by molar-refractivity contribution is -0.140. The van der Waals surface area contributed by atoms with Crippen molar-refractivity contribution in [2.75, 3.05) is 18.0 Å². The summed E-state index contributed by atoms with van der Waals surface area (Å²) in [6.45, 7) is 9.10. The van der Waals surface area contributed by atoms with Crippen molar-refractivity contribution in [3.8, 4) is 5.75 Å². The Morgan fingerprint density at radius 1 is 0.851 bits per heavy atom. The average Bonchev–Trinajstić information content (AvgIpc) is 3.02. The zero-order valence-corrected chi connectivity index (χ0v) is 30.1. The molecule has 0 aliphatic rings. The normalized spacial score (nSPS) is 12.2. The van der Waals surface area contributed by atoms with Crippen molar-refractivity contribution in [1.29, 1.82) is 0 Å². The van der Waals surface area contributed by atoms with Crippen LogP contribution in [0.5, 0.6) is 5.75 Å². The van der Waals surface area contributed by atoms with Gasteiger partial charge in [0.25, 0.3) is 10.0 Å². The Balaban J connectivity index is 1.82. The van der Waals surface area contributed by atoms with Crippen LogP contribution in [0.1, 0.15) is 43.0 Å². The summed E-state index contributed by atoms with van der Waals surface area (Å²) in [5, 5.41) is 3.05. The maximum atomic E-state index is 14.6. The number of hydrogen-bond acceptors (Lipinski definition) is 5. The maximum absolute atomic E-state index is 14.6. The van der Waals surface area contributed by atoms with Gasteiger partial charge in [-0.25, -0.2) is 8.42 Å². The van der Waals surface area contributed by atoms with Gasteiger partial charge in [-0.3, -0.25) is 13.9 Å². The molecule has 0 saturated heterocycles. The molecule has 10 heteroatoms. The molecule has 1 N–H and O–H groups in total. The number of nitrogens with zero attached hydrogens (tertiary/aromatic N) is 2. The van der Waals surface area contributed by atoms with E-state index in [0.29, 0.717) is 15.9 Å². The molecular weight excluding hydrogens is 678 g/mol. The number of carbonyl (C=O) groups excluding carboxylic acids is 2. The van der Waals surface area contributed by atoms with Gasteiger partial charge in [0, 0.05) is 18.5 Å². The first kappa shape index (κ1) is 35.7. The van der Waals surface area contributed by atoms with Crippen molar-refractivity contribution in [1.82, 2.24) is 10.2 Å². The summed E-state index contributed by atoms with van der Waals surface area (Å²) in [6, 6.07) is 27.7. The first-order chi connectivity index (χ1) is 22.2. The van der Waals surface area contributed by atoms with Crippen LogP contribution in [0.4, 0.5) is 5.69 Å². The fourth-order valence-corrected chi connectivity index (χ4v) is 7.20. The lowest BCUT2D eigenvalue weighted by Gasteiger charge is -2.35. The summed E-state index contributed by atoms with van der Waals surface area (Å²) in [5.41, 5.74) is 3.44. The number of nitrogens with one attached hydrogen (secondary N) is 1. The Hall–Kier alpha value is -4.15. The minimum atomic E-state index is -4.26. The molecule has 0 saturated carbocycles. The number of methoxy groups -OCH3 is 1. The molecular formula is C37H42BrN3O5S. The number of halogens is 1. The monoisotopic (exact) mass is 719 g/mol. The third-order valence-electron chi connectivity index (χ3n) is 7.55. The SMILES string of the molecule is COc1ccc(S(=O)(=O)N(CC(=O)N(Cc2ccc(C)cc2)C(Cc2ccccc2)C(=O)NC(C)(C)C)c2ccc(C)cc2)cc1Br. The number of aryl methyl sites for hydroxylation is 2. The van der Waals surface area contributed by atoms with E-state index in [1.807, 2.05) is 89.2 Å². The standard InChI is InChI=1S/C37H42BrN3O5S/c1-26-12-16-29(17-13-26)24-40(33(36(43)39-37(3,4)5)22-28-10-8-7-9-11-28)35(42)25-41(30-18-14-27(2)15-19-30)47(44,45)31-20-21-34(46-6)32(38)23-31/h7-21,23,33H,22,24-25H2,1-6H3,(H,39,43). The molecule has 0 radical (unpaired) electrons. The van der Waals surface area contributed by atoms with Crippen LogP contribution >= 0.6 is 15.9 Å². The number of ether oxygens (including phenoxy) is 1. The van der Waals surface area contributed by atoms with Gasteiger partial charge in [-0.05, 0) is 92.0 Å². The number of carbonyl (C=O) groups is 2. The van der Waals surface area contributed by atoms with Crippen molar-refractivity contribution in [2.45, 2.75) is 64.1 Å². The summed E-state index contributed by atoms with van der Waals surface area (Å²) in [7, 11) is -2.76. The van der Waals surface area contributed by atoms with Crippen LogP contribution in [0.25, 0.3) is 0 Å². The molecule has 1 atom stereocenters. The van der Waals surface area contributed by atoms with Gasteiger partial charge in [0.1, 0.15) is 18.3 Å². The number of hydrogen-bond donors (Lipinski definition) is 1. The van der Waals surface area contributed by atoms with Gasteiger partial charge in [-0.15, -0.1) is 0 Å². The van der Waals surface area contributed by atoms with Crippen LogP contribution in [0.15, 0.2) is 106 Å². The third-order valence-corrected chi connectivity index (χ3v) is 9.94. The van der Waals surface area contributed by atoms with Gasteiger partial charge in [-0.1, -0.05) is 77.9 Å². The molecule has 4 aromatic carbocycles. The zero-order valence-electron chi connectivity index (χ0n) is 27.7. The highest BCUT2D eigenvalue weighted by atomic mass is 79.9. The molecule has 248 valence electrons. The van der Waals surface area contributed by atoms with Crippen LogP contribution in [-0.2, 0) is 32.6 Å². The highest BCUT2D eigenvalue weighted by molar-refractivity contribution is 9.10. The topological polar surface area (TPSA) is 96.0 Å². The van der Waals surface area contributed by atoms with Crippen molar-refractivity contribution < 1.29 is 22.7 Å². The Kier molecular flexibility index (Phi) is 11.5. The number of rotatable bonds is 12. The second-order valence-corrected chi connectivity index (χ2v) is 15.3. The number of anilines is 1. The maximum Gasteiger partial charge on any atom is 0.264 e. The van der Waals surface area contributed by atoms with Crippen LogP contribution in [0, 0.1) is 13.8 Å². The molecule has 2 amide bonds. The second-order valence-electron chi connectivity index (χ2n) is 12.6. The largest absolute Gasteiger partial charge is 0.496 e. The van der Waals surface area contributed by atoms with Gasteiger partial charge in [0.15, 0.2) is 0 Å². The Morgan fingerprint density at radius 2 is 1.45 bits per heavy atom. The molecule has 0 aliphatic heterocycles. The minimum absolute atomic E-state index is 0.0186. The lowest BCUT2D eigenvalue weighted by Crippen LogP contribution is -2.56. The quantitative estimate of drug-likeness (QED) is 0.173. The number of benzene rings is 4. The first-order valence-corrected chi connectivity index (χ1v) is 17.5. The third kappa shape index (κ3) is 9.45. The van der Waals surface area contributed by atoms with Gasteiger partial charge >= 0.3 is 0 Å². The smallest absolute Gasteiger partial charge is 0.264 e. The molecule has 4 rings (SSSR count). The molecule has 0 fully saturated rings. The van der Waals surface area contributed by atoms with E-state index in [1.54, 1.807) is 30.3 Å². The van der Waals surface area contributed by atoms with Crippen molar-refractivity contribution >= 4 is 43.5 Å². The number of amides is 2. The van der Waals surface area contributed by atoms with Crippen molar-refractivity contribution in [3.05, 3.63) is 124 Å². The van der Waals surface area contributed by atoms with E-state index in [1.165, 1.54) is 24.1 Å². The fourth-order valence-electron chi connectivity index (χ4n) is 5.07. The van der Waals surface area contributed by atoms with Crippen LogP contribution in [-0.4, -0.2) is 50.4 Å². The predicted molar refractivity (Wildman–Crippen MR) is 190 cm³/mol. The van der Waals surface area contributed by atoms with Gasteiger partial charge in [-0.2, -0.15) is 0 Å². The summed E-state index contributed by atoms with van der Waals surface area (Å²) in [4.78, 5) is 30.1. The van der Waals surface area contributed by atoms with E-state index in [9.17, 15) is 18.0 Å². The fraction of sp³-hybridized carbons (Fsp3) is 0.297. The van der Waals surface area contributed by atoms with Crippen LogP contribution < -0.4 is 14.4 Å². The predicted octanol–water partition coefficient (Wildman–Crippen LogP) is 6.82. The number of sulfonamides is 1. The molecule has 1 unspecified atom stereocenters. The van der Waals surface area contributed by atoms with E-state index < -0.39 is 34.1 Å². The van der Waals surface area contributed by atoms with Crippen molar-refractivity contribution in [2.24, 2.45) is 0 Å². The Labute approximate surface area is 286 Å². The van der Waals surface area contributed by atoms with Gasteiger partial charge in [0.2, 0.25) is 11.8 Å². The van der Waals surface area contributed by atoms with Crippen molar-refractivity contribution in [3.63, 3.8) is 0 Å². The molecule has 0 spiro atoms. The zero-order chi connectivity index (χ0) is 34.4. The van der Waals surface area contributed by atoms with E-state index in [-0.39, 0.29) is 23.8 Å². The van der Waals surface area contributed by atoms with Crippen LogP contribution in [0.2, 0.25) is 0 Å². The highest BCUT2D eigenvalue weighted by Gasteiger charge is 2.35. The van der Waals surface area contributed by atoms with E-state index in [0.717, 1.165) is 26.6 Å². The summed E-state index contributed by atoms with van der Waals surface area (Å²) in [6.07, 6.45) is 0.239. The van der Waals surface area contributed by atoms with Gasteiger partial charge in [0.05, 0.1) is 22.2 Å². The molecule has 47 heavy (non-hydrogen) atoms. The molecule has 0 aromatic heterocycles. The second kappa shape index (κ2) is 15.2. The Morgan fingerprint density at radius 3 is 2.00 bits per heavy atom. The molecule has 8 nitrogen and oxygen atoms in total. The summed E-state index contributed by atoms with van der Waals surface area (Å²) >= 11 is 3.39. The summed E-state index contributed by atoms with van der Waals surface area (Å²) < 4.78 is 35.5. The molecule has 4 aromatic rings. The average molecular weight is 721 g/mol. The van der Waals surface area contributed by atoms with E-state index >= 15 is 0 Å².